The molecular formula is C15H27N3O2. The summed E-state index contributed by atoms with van der Waals surface area (Å²) in [5.41, 5.74) is 0.196. The third kappa shape index (κ3) is 2.85. The molecule has 1 aliphatic carbocycles. The summed E-state index contributed by atoms with van der Waals surface area (Å²) in [6.07, 6.45) is 7.81. The molecule has 3 fully saturated rings. The maximum absolute atomic E-state index is 12.0. The largest absolute Gasteiger partial charge is 0.370 e. The van der Waals surface area contributed by atoms with Gasteiger partial charge in [-0.1, -0.05) is 12.8 Å². The number of carbonyl (C=O) groups is 1. The average Bonchev–Trinajstić information content (AvgIpc) is 3.09. The molecule has 1 saturated carbocycles. The summed E-state index contributed by atoms with van der Waals surface area (Å²) >= 11 is 0. The fourth-order valence-electron chi connectivity index (χ4n) is 4.06. The van der Waals surface area contributed by atoms with E-state index < -0.39 is 0 Å². The van der Waals surface area contributed by atoms with Crippen LogP contribution in [0.5, 0.6) is 0 Å². The Balaban J connectivity index is 1.57. The van der Waals surface area contributed by atoms with E-state index in [1.165, 1.54) is 32.1 Å². The molecule has 5 nitrogen and oxygen atoms in total. The lowest BCUT2D eigenvalue weighted by atomic mass is 9.98. The first kappa shape index (κ1) is 14.3. The molecule has 0 aromatic rings. The van der Waals surface area contributed by atoms with Crippen LogP contribution in [0.25, 0.3) is 0 Å². The van der Waals surface area contributed by atoms with Gasteiger partial charge in [0.1, 0.15) is 6.04 Å². The highest BCUT2D eigenvalue weighted by Crippen LogP contribution is 2.43. The molecule has 5 heteroatoms. The Morgan fingerprint density at radius 1 is 1.40 bits per heavy atom. The van der Waals surface area contributed by atoms with E-state index in [0.717, 1.165) is 32.6 Å². The maximum Gasteiger partial charge on any atom is 0.238 e. The molecule has 0 radical (unpaired) electrons. The van der Waals surface area contributed by atoms with Gasteiger partial charge in [-0.05, 0) is 25.7 Å². The lowest BCUT2D eigenvalue weighted by Crippen LogP contribution is -2.58. The molecule has 2 unspecified atom stereocenters. The Kier molecular flexibility index (Phi) is 4.29. The predicted octanol–water partition coefficient (Wildman–Crippen LogP) is 0.498. The number of nitrogens with zero attached hydrogens (tertiary/aromatic N) is 1. The second-order valence-electron chi connectivity index (χ2n) is 6.50. The fourth-order valence-corrected chi connectivity index (χ4v) is 4.06. The zero-order chi connectivity index (χ0) is 14.0. The third-order valence-corrected chi connectivity index (χ3v) is 5.19. The summed E-state index contributed by atoms with van der Waals surface area (Å²) < 4.78 is 6.38. The van der Waals surface area contributed by atoms with Gasteiger partial charge in [-0.2, -0.15) is 0 Å². The van der Waals surface area contributed by atoms with Crippen LogP contribution in [0.3, 0.4) is 0 Å². The third-order valence-electron chi connectivity index (χ3n) is 5.19. The van der Waals surface area contributed by atoms with E-state index in [1.807, 2.05) is 0 Å². The van der Waals surface area contributed by atoms with Crippen LogP contribution in [0.1, 0.15) is 38.5 Å². The number of ether oxygens (including phenoxy) is 1. The molecule has 2 aliphatic heterocycles. The molecule has 3 aliphatic rings. The van der Waals surface area contributed by atoms with E-state index in [1.54, 1.807) is 7.05 Å². The summed E-state index contributed by atoms with van der Waals surface area (Å²) in [5.74, 6) is 0.116. The van der Waals surface area contributed by atoms with Crippen molar-refractivity contribution in [3.8, 4) is 0 Å². The van der Waals surface area contributed by atoms with Gasteiger partial charge in [-0.15, -0.1) is 0 Å². The number of likely N-dealkylation sites (N-methyl/N-ethyl adjacent to an activating group) is 1. The zero-order valence-corrected chi connectivity index (χ0v) is 12.5. The average molecular weight is 281 g/mol. The van der Waals surface area contributed by atoms with Crippen LogP contribution in [0.15, 0.2) is 0 Å². The molecule has 2 saturated heterocycles. The van der Waals surface area contributed by atoms with Crippen LogP contribution in [0.2, 0.25) is 0 Å². The second-order valence-corrected chi connectivity index (χ2v) is 6.50. The molecule has 1 spiro atoms. The fraction of sp³-hybridized carbons (Fsp3) is 0.933. The van der Waals surface area contributed by atoms with Gasteiger partial charge in [-0.25, -0.2) is 0 Å². The van der Waals surface area contributed by atoms with Crippen LogP contribution in [-0.2, 0) is 9.53 Å². The molecule has 1 amide bonds. The van der Waals surface area contributed by atoms with Crippen molar-refractivity contribution in [3.05, 3.63) is 0 Å². The minimum atomic E-state index is -0.0440. The minimum Gasteiger partial charge on any atom is -0.370 e. The zero-order valence-electron chi connectivity index (χ0n) is 12.5. The van der Waals surface area contributed by atoms with Gasteiger partial charge in [0.2, 0.25) is 5.91 Å². The molecule has 2 heterocycles. The summed E-state index contributed by atoms with van der Waals surface area (Å²) in [6, 6.07) is -0.0440. The van der Waals surface area contributed by atoms with E-state index in [-0.39, 0.29) is 17.6 Å². The van der Waals surface area contributed by atoms with Crippen molar-refractivity contribution in [1.29, 1.82) is 0 Å². The quantitative estimate of drug-likeness (QED) is 0.791. The van der Waals surface area contributed by atoms with Gasteiger partial charge in [0.25, 0.3) is 0 Å². The van der Waals surface area contributed by atoms with Crippen molar-refractivity contribution in [3.63, 3.8) is 0 Å². The van der Waals surface area contributed by atoms with Crippen LogP contribution < -0.4 is 10.6 Å². The van der Waals surface area contributed by atoms with Gasteiger partial charge >= 0.3 is 0 Å². The van der Waals surface area contributed by atoms with E-state index in [2.05, 4.69) is 15.5 Å². The molecular weight excluding hydrogens is 254 g/mol. The van der Waals surface area contributed by atoms with Crippen LogP contribution in [0, 0.1) is 0 Å². The Morgan fingerprint density at radius 2 is 2.20 bits per heavy atom. The van der Waals surface area contributed by atoms with Gasteiger partial charge in [-0.3, -0.25) is 9.69 Å². The van der Waals surface area contributed by atoms with Crippen LogP contribution in [-0.4, -0.2) is 61.8 Å². The highest BCUT2D eigenvalue weighted by molar-refractivity contribution is 5.81. The van der Waals surface area contributed by atoms with Crippen molar-refractivity contribution < 1.29 is 9.53 Å². The molecule has 0 bridgehead atoms. The highest BCUT2D eigenvalue weighted by atomic mass is 16.5. The standard InChI is InChI=1S/C15H27N3O2/c1-16-14(19)13-10-17-8-9-18(13)11-12-4-7-15(20-12)5-2-3-6-15/h12-13,17H,2-11H2,1H3,(H,16,19). The molecule has 114 valence electrons. The van der Waals surface area contributed by atoms with Gasteiger partial charge in [0, 0.05) is 33.2 Å². The number of hydrogen-bond acceptors (Lipinski definition) is 4. The summed E-state index contributed by atoms with van der Waals surface area (Å²) in [7, 11) is 1.72. The maximum atomic E-state index is 12.0. The second kappa shape index (κ2) is 6.00. The highest BCUT2D eigenvalue weighted by Gasteiger charge is 2.43. The minimum absolute atomic E-state index is 0.0440. The van der Waals surface area contributed by atoms with Crippen molar-refractivity contribution >= 4 is 5.91 Å². The van der Waals surface area contributed by atoms with Gasteiger partial charge < -0.3 is 15.4 Å². The van der Waals surface area contributed by atoms with E-state index >= 15 is 0 Å². The van der Waals surface area contributed by atoms with Crippen molar-refractivity contribution in [2.45, 2.75) is 56.3 Å². The number of rotatable bonds is 3. The molecule has 2 N–H and O–H groups in total. The lowest BCUT2D eigenvalue weighted by Gasteiger charge is -2.36. The van der Waals surface area contributed by atoms with E-state index in [4.69, 9.17) is 4.74 Å². The van der Waals surface area contributed by atoms with Crippen molar-refractivity contribution in [2.24, 2.45) is 0 Å². The monoisotopic (exact) mass is 281 g/mol. The summed E-state index contributed by atoms with van der Waals surface area (Å²) in [6.45, 7) is 3.55. The first-order valence-corrected chi connectivity index (χ1v) is 8.07. The SMILES string of the molecule is CNC(=O)C1CNCCN1CC1CCC2(CCCC2)O1. The van der Waals surface area contributed by atoms with Crippen molar-refractivity contribution in [2.75, 3.05) is 33.2 Å². The Morgan fingerprint density at radius 3 is 2.95 bits per heavy atom. The predicted molar refractivity (Wildman–Crippen MR) is 77.6 cm³/mol. The lowest BCUT2D eigenvalue weighted by molar-refractivity contribution is -0.127. The number of hydrogen-bond donors (Lipinski definition) is 2. The van der Waals surface area contributed by atoms with E-state index in [9.17, 15) is 4.79 Å². The first-order valence-electron chi connectivity index (χ1n) is 8.07. The normalized spacial score (nSPS) is 33.6. The Labute approximate surface area is 121 Å². The van der Waals surface area contributed by atoms with Crippen LogP contribution >= 0.6 is 0 Å². The number of nitrogens with one attached hydrogen (secondary N) is 2. The van der Waals surface area contributed by atoms with Crippen molar-refractivity contribution in [1.82, 2.24) is 15.5 Å². The number of amides is 1. The first-order chi connectivity index (χ1) is 9.72. The van der Waals surface area contributed by atoms with Gasteiger partial charge in [0.15, 0.2) is 0 Å². The Bertz CT molecular complexity index is 355. The van der Waals surface area contributed by atoms with Gasteiger partial charge in [0.05, 0.1) is 11.7 Å². The number of piperazine rings is 1. The van der Waals surface area contributed by atoms with Crippen LogP contribution in [0.4, 0.5) is 0 Å². The molecule has 3 rings (SSSR count). The molecule has 0 aromatic carbocycles. The summed E-state index contributed by atoms with van der Waals surface area (Å²) in [5, 5.41) is 6.09. The Hall–Kier alpha value is -0.650. The van der Waals surface area contributed by atoms with E-state index in [0.29, 0.717) is 6.10 Å². The molecule has 2 atom stereocenters. The number of carbonyl (C=O) groups excluding carboxylic acids is 1. The topological polar surface area (TPSA) is 53.6 Å². The summed E-state index contributed by atoms with van der Waals surface area (Å²) in [4.78, 5) is 14.3. The molecule has 20 heavy (non-hydrogen) atoms. The smallest absolute Gasteiger partial charge is 0.238 e. The molecule has 0 aromatic heterocycles.